The van der Waals surface area contributed by atoms with E-state index in [0.29, 0.717) is 35.7 Å². The molecule has 0 saturated carbocycles. The quantitative estimate of drug-likeness (QED) is 0.461. The number of carbonyl (C=O) groups is 2. The molecule has 9 heteroatoms. The van der Waals surface area contributed by atoms with Gasteiger partial charge in [0, 0.05) is 56.6 Å². The predicted octanol–water partition coefficient (Wildman–Crippen LogP) is 3.90. The number of ether oxygens (including phenoxy) is 1. The van der Waals surface area contributed by atoms with Crippen LogP contribution in [0, 0.1) is 5.82 Å². The Bertz CT molecular complexity index is 1500. The fourth-order valence-electron chi connectivity index (χ4n) is 5.37. The van der Waals surface area contributed by atoms with E-state index in [1.807, 2.05) is 42.5 Å². The molecular formula is C31H32FN5O3. The van der Waals surface area contributed by atoms with E-state index in [4.69, 9.17) is 4.74 Å². The molecule has 3 aliphatic heterocycles. The lowest BCUT2D eigenvalue weighted by Gasteiger charge is -2.32. The Balaban J connectivity index is 1.28. The van der Waals surface area contributed by atoms with Crippen LogP contribution < -0.4 is 20.3 Å². The van der Waals surface area contributed by atoms with Gasteiger partial charge in [0.05, 0.1) is 30.1 Å². The summed E-state index contributed by atoms with van der Waals surface area (Å²) >= 11 is 0. The molecule has 1 fully saturated rings. The van der Waals surface area contributed by atoms with Crippen LogP contribution in [0.2, 0.25) is 0 Å². The van der Waals surface area contributed by atoms with Gasteiger partial charge in [-0.15, -0.1) is 0 Å². The number of halogens is 1. The van der Waals surface area contributed by atoms with Gasteiger partial charge in [-0.2, -0.15) is 0 Å². The van der Waals surface area contributed by atoms with Crippen molar-refractivity contribution in [1.29, 1.82) is 0 Å². The maximum absolute atomic E-state index is 13.9. The highest BCUT2D eigenvalue weighted by Gasteiger charge is 2.29. The summed E-state index contributed by atoms with van der Waals surface area (Å²) in [6.07, 6.45) is 0.795. The van der Waals surface area contributed by atoms with E-state index in [-0.39, 0.29) is 11.8 Å². The molecule has 0 spiro atoms. The van der Waals surface area contributed by atoms with Gasteiger partial charge in [0.2, 0.25) is 5.91 Å². The molecule has 0 unspecified atom stereocenters. The van der Waals surface area contributed by atoms with Gasteiger partial charge in [-0.25, -0.2) is 4.39 Å². The molecule has 3 aromatic carbocycles. The van der Waals surface area contributed by atoms with E-state index < -0.39 is 5.82 Å². The van der Waals surface area contributed by atoms with Crippen LogP contribution in [-0.2, 0) is 16.0 Å². The average molecular weight is 542 g/mol. The second kappa shape index (κ2) is 10.7. The number of benzene rings is 3. The topological polar surface area (TPSA) is 77.2 Å². The summed E-state index contributed by atoms with van der Waals surface area (Å²) < 4.78 is 19.6. The van der Waals surface area contributed by atoms with Crippen LogP contribution in [0.4, 0.5) is 21.5 Å². The number of piperazine rings is 1. The monoisotopic (exact) mass is 541 g/mol. The summed E-state index contributed by atoms with van der Waals surface area (Å²) in [4.78, 5) is 32.3. The average Bonchev–Trinajstić information content (AvgIpc) is 3.55. The van der Waals surface area contributed by atoms with E-state index in [2.05, 4.69) is 27.5 Å². The number of hydrogen-bond donors (Lipinski definition) is 2. The molecule has 8 nitrogen and oxygen atoms in total. The van der Waals surface area contributed by atoms with Crippen LogP contribution in [-0.4, -0.2) is 75.0 Å². The summed E-state index contributed by atoms with van der Waals surface area (Å²) in [6, 6.07) is 17.8. The number of fused-ring (bicyclic) bond motifs is 2. The lowest BCUT2D eigenvalue weighted by molar-refractivity contribution is -0.119. The smallest absolute Gasteiger partial charge is 0.258 e. The Labute approximate surface area is 233 Å². The van der Waals surface area contributed by atoms with Gasteiger partial charge in [0.25, 0.3) is 5.91 Å². The van der Waals surface area contributed by atoms with Crippen LogP contribution in [0.1, 0.15) is 16.7 Å². The minimum Gasteiger partial charge on any atom is -0.493 e. The van der Waals surface area contributed by atoms with Crippen molar-refractivity contribution in [2.75, 3.05) is 69.0 Å². The maximum atomic E-state index is 13.9. The molecule has 206 valence electrons. The zero-order valence-electron chi connectivity index (χ0n) is 22.7. The summed E-state index contributed by atoms with van der Waals surface area (Å²) in [6.45, 7) is 4.71. The third-order valence-corrected chi connectivity index (χ3v) is 7.81. The lowest BCUT2D eigenvalue weighted by atomic mass is 9.98. The molecule has 3 aromatic rings. The first kappa shape index (κ1) is 26.0. The third kappa shape index (κ3) is 5.17. The standard InChI is InChI=1S/C31H32FN5O3/c1-35-12-14-37(15-13-35)19-28(38)36(2)24-7-5-23(6-8-24)33-30(21-3-10-27-20(17-21)11-16-40-27)29-25-9-4-22(32)18-26(25)34-31(29)39/h3-10,17-18,33H,11-16,19H2,1-2H3,(H,34,39). The normalized spacial score (nSPS) is 18.0. The van der Waals surface area contributed by atoms with E-state index in [1.54, 1.807) is 18.0 Å². The number of nitrogens with zero attached hydrogens (tertiary/aromatic N) is 3. The van der Waals surface area contributed by atoms with Gasteiger partial charge < -0.3 is 25.2 Å². The first-order chi connectivity index (χ1) is 19.4. The van der Waals surface area contributed by atoms with E-state index >= 15 is 0 Å². The van der Waals surface area contributed by atoms with Gasteiger partial charge >= 0.3 is 0 Å². The van der Waals surface area contributed by atoms with Crippen molar-refractivity contribution in [3.63, 3.8) is 0 Å². The molecule has 2 N–H and O–H groups in total. The Morgan fingerprint density at radius 1 is 1.05 bits per heavy atom. The van der Waals surface area contributed by atoms with Crippen molar-refractivity contribution < 1.29 is 18.7 Å². The highest BCUT2D eigenvalue weighted by atomic mass is 19.1. The van der Waals surface area contributed by atoms with Gasteiger partial charge in [0.1, 0.15) is 11.6 Å². The summed E-state index contributed by atoms with van der Waals surface area (Å²) in [7, 11) is 3.89. The van der Waals surface area contributed by atoms with Crippen molar-refractivity contribution in [1.82, 2.24) is 9.80 Å². The molecule has 0 radical (unpaired) electrons. The molecule has 3 aliphatic rings. The van der Waals surface area contributed by atoms with Gasteiger partial charge in [-0.1, -0.05) is 0 Å². The molecule has 3 heterocycles. The first-order valence-electron chi connectivity index (χ1n) is 13.5. The second-order valence-electron chi connectivity index (χ2n) is 10.5. The number of likely N-dealkylation sites (N-methyl/N-ethyl adjacent to an activating group) is 2. The van der Waals surface area contributed by atoms with Gasteiger partial charge in [-0.3, -0.25) is 14.5 Å². The van der Waals surface area contributed by atoms with Crippen LogP contribution in [0.25, 0.3) is 11.3 Å². The largest absolute Gasteiger partial charge is 0.493 e. The first-order valence-corrected chi connectivity index (χ1v) is 13.5. The van der Waals surface area contributed by atoms with Crippen LogP contribution in [0.15, 0.2) is 60.7 Å². The minimum absolute atomic E-state index is 0.0416. The van der Waals surface area contributed by atoms with E-state index in [9.17, 15) is 14.0 Å². The number of amides is 2. The summed E-state index contributed by atoms with van der Waals surface area (Å²) in [5.41, 5.74) is 5.58. The van der Waals surface area contributed by atoms with E-state index in [1.165, 1.54) is 12.1 Å². The summed E-state index contributed by atoms with van der Waals surface area (Å²) in [5, 5.41) is 6.24. The zero-order valence-corrected chi connectivity index (χ0v) is 22.7. The molecule has 1 saturated heterocycles. The third-order valence-electron chi connectivity index (χ3n) is 7.81. The number of anilines is 3. The Hall–Kier alpha value is -4.21. The molecule has 0 bridgehead atoms. The molecule has 0 aromatic heterocycles. The molecule has 6 rings (SSSR count). The highest BCUT2D eigenvalue weighted by molar-refractivity contribution is 6.37. The van der Waals surface area contributed by atoms with Crippen LogP contribution >= 0.6 is 0 Å². The molecule has 2 amide bonds. The number of nitrogens with one attached hydrogen (secondary N) is 2. The van der Waals surface area contributed by atoms with Crippen LogP contribution in [0.5, 0.6) is 5.75 Å². The van der Waals surface area contributed by atoms with Crippen LogP contribution in [0.3, 0.4) is 0 Å². The number of rotatable bonds is 6. The van der Waals surface area contributed by atoms with Crippen molar-refractivity contribution in [3.8, 4) is 5.75 Å². The van der Waals surface area contributed by atoms with Gasteiger partial charge in [0.15, 0.2) is 0 Å². The van der Waals surface area contributed by atoms with Gasteiger partial charge in [-0.05, 0) is 78.8 Å². The molecule has 0 atom stereocenters. The van der Waals surface area contributed by atoms with Crippen molar-refractivity contribution in [2.45, 2.75) is 6.42 Å². The fourth-order valence-corrected chi connectivity index (χ4v) is 5.37. The van der Waals surface area contributed by atoms with Crippen molar-refractivity contribution in [3.05, 3.63) is 83.2 Å². The maximum Gasteiger partial charge on any atom is 0.258 e. The SMILES string of the molecule is CN1CCN(CC(=O)N(C)c2ccc(NC(=C3C(=O)Nc4cc(F)ccc43)c3ccc4c(c3)CCO4)cc2)CC1. The Kier molecular flexibility index (Phi) is 7.00. The lowest BCUT2D eigenvalue weighted by Crippen LogP contribution is -2.48. The predicted molar refractivity (Wildman–Crippen MR) is 155 cm³/mol. The Morgan fingerprint density at radius 2 is 1.82 bits per heavy atom. The highest BCUT2D eigenvalue weighted by Crippen LogP contribution is 2.39. The fraction of sp³-hybridized carbons (Fsp3) is 0.290. The minimum atomic E-state index is -0.411. The number of carbonyl (C=O) groups excluding carboxylic acids is 2. The van der Waals surface area contributed by atoms with Crippen molar-refractivity contribution >= 4 is 40.1 Å². The Morgan fingerprint density at radius 3 is 2.60 bits per heavy atom. The zero-order chi connectivity index (χ0) is 27.8. The van der Waals surface area contributed by atoms with E-state index in [0.717, 1.165) is 60.9 Å². The number of hydrogen-bond acceptors (Lipinski definition) is 6. The molecule has 40 heavy (non-hydrogen) atoms. The second-order valence-corrected chi connectivity index (χ2v) is 10.5. The molecular weight excluding hydrogens is 509 g/mol. The van der Waals surface area contributed by atoms with Crippen molar-refractivity contribution in [2.24, 2.45) is 0 Å². The summed E-state index contributed by atoms with van der Waals surface area (Å²) in [5.74, 6) is 0.178. The molecule has 0 aliphatic carbocycles.